The summed E-state index contributed by atoms with van der Waals surface area (Å²) in [5, 5.41) is 13.2. The Morgan fingerprint density at radius 3 is 2.55 bits per heavy atom. The summed E-state index contributed by atoms with van der Waals surface area (Å²) in [6.45, 7) is 2.60. The van der Waals surface area contributed by atoms with Crippen molar-refractivity contribution in [1.29, 1.82) is 0 Å². The fourth-order valence-corrected chi connectivity index (χ4v) is 4.59. The van der Waals surface area contributed by atoms with E-state index in [1.54, 1.807) is 11.8 Å². The molecule has 0 aliphatic carbocycles. The second-order valence-corrected chi connectivity index (χ2v) is 9.13. The number of nitrogens with one attached hydrogen (secondary N) is 1. The van der Waals surface area contributed by atoms with Gasteiger partial charge in [0.05, 0.1) is 5.69 Å². The van der Waals surface area contributed by atoms with Gasteiger partial charge in [0, 0.05) is 30.2 Å². The van der Waals surface area contributed by atoms with Gasteiger partial charge in [-0.3, -0.25) is 9.36 Å². The number of nitrogens with zero attached hydrogens (tertiary/aromatic N) is 3. The van der Waals surface area contributed by atoms with Crippen molar-refractivity contribution in [2.45, 2.75) is 37.2 Å². The molecule has 0 spiro atoms. The fourth-order valence-electron chi connectivity index (χ4n) is 3.49. The van der Waals surface area contributed by atoms with Crippen LogP contribution in [0.1, 0.15) is 28.9 Å². The minimum absolute atomic E-state index is 0.0199. The molecular weight excluding hydrogens is 452 g/mol. The van der Waals surface area contributed by atoms with E-state index in [9.17, 15) is 4.79 Å². The van der Waals surface area contributed by atoms with E-state index in [0.29, 0.717) is 24.4 Å². The Balaban J connectivity index is 1.48. The van der Waals surface area contributed by atoms with Crippen LogP contribution in [0.25, 0.3) is 5.69 Å². The zero-order chi connectivity index (χ0) is 23.0. The molecule has 0 atom stereocenters. The highest BCUT2D eigenvalue weighted by atomic mass is 35.5. The number of aryl methyl sites for hydroxylation is 2. The molecule has 1 aromatic heterocycles. The number of benzene rings is 3. The molecule has 5 nitrogen and oxygen atoms in total. The van der Waals surface area contributed by atoms with Crippen molar-refractivity contribution in [3.05, 3.63) is 106 Å². The van der Waals surface area contributed by atoms with Crippen molar-refractivity contribution >= 4 is 29.3 Å². The fraction of sp³-hybridized carbons (Fsp3) is 0.192. The van der Waals surface area contributed by atoms with Crippen LogP contribution in [-0.4, -0.2) is 20.7 Å². The van der Waals surface area contributed by atoms with Gasteiger partial charge < -0.3 is 5.32 Å². The van der Waals surface area contributed by atoms with E-state index in [1.165, 1.54) is 11.1 Å². The largest absolute Gasteiger partial charge is 0.352 e. The summed E-state index contributed by atoms with van der Waals surface area (Å²) in [7, 11) is 0. The number of thioether (sulfide) groups is 1. The van der Waals surface area contributed by atoms with Crippen LogP contribution in [0.3, 0.4) is 0 Å². The molecule has 1 heterocycles. The average molecular weight is 477 g/mol. The smallest absolute Gasteiger partial charge is 0.220 e. The van der Waals surface area contributed by atoms with Crippen molar-refractivity contribution in [1.82, 2.24) is 20.1 Å². The topological polar surface area (TPSA) is 59.8 Å². The van der Waals surface area contributed by atoms with Crippen molar-refractivity contribution in [2.24, 2.45) is 0 Å². The van der Waals surface area contributed by atoms with Crippen molar-refractivity contribution in [2.75, 3.05) is 0 Å². The number of hydrogen-bond donors (Lipinski definition) is 1. The lowest BCUT2D eigenvalue weighted by Crippen LogP contribution is -2.23. The molecule has 0 fully saturated rings. The molecule has 33 heavy (non-hydrogen) atoms. The van der Waals surface area contributed by atoms with Gasteiger partial charge in [0.2, 0.25) is 5.91 Å². The number of halogens is 1. The highest BCUT2D eigenvalue weighted by Crippen LogP contribution is 2.27. The van der Waals surface area contributed by atoms with E-state index in [4.69, 9.17) is 11.6 Å². The molecule has 0 radical (unpaired) electrons. The first-order valence-electron chi connectivity index (χ1n) is 10.8. The van der Waals surface area contributed by atoms with Crippen molar-refractivity contribution in [3.63, 3.8) is 0 Å². The van der Waals surface area contributed by atoms with Gasteiger partial charge in [0.1, 0.15) is 5.82 Å². The molecular formula is C26H25ClN4OS. The highest BCUT2D eigenvalue weighted by Gasteiger charge is 2.16. The van der Waals surface area contributed by atoms with Crippen LogP contribution in [0.4, 0.5) is 0 Å². The lowest BCUT2D eigenvalue weighted by Gasteiger charge is -2.11. The van der Waals surface area contributed by atoms with Gasteiger partial charge in [0.25, 0.3) is 0 Å². The Hall–Kier alpha value is -3.09. The Morgan fingerprint density at radius 2 is 1.76 bits per heavy atom. The van der Waals surface area contributed by atoms with E-state index in [0.717, 1.165) is 28.0 Å². The maximum absolute atomic E-state index is 12.4. The van der Waals surface area contributed by atoms with E-state index < -0.39 is 0 Å². The van der Waals surface area contributed by atoms with Gasteiger partial charge in [-0.15, -0.1) is 10.2 Å². The number of carbonyl (C=O) groups excluding carboxylic acids is 1. The third kappa shape index (κ3) is 6.46. The first-order valence-corrected chi connectivity index (χ1v) is 12.1. The Bertz CT molecular complexity index is 1230. The van der Waals surface area contributed by atoms with Gasteiger partial charge in [0.15, 0.2) is 5.16 Å². The second-order valence-electron chi connectivity index (χ2n) is 7.75. The Labute approximate surface area is 203 Å². The van der Waals surface area contributed by atoms with E-state index in [-0.39, 0.29) is 5.91 Å². The van der Waals surface area contributed by atoms with Crippen molar-refractivity contribution in [3.8, 4) is 5.69 Å². The predicted molar refractivity (Wildman–Crippen MR) is 134 cm³/mol. The molecule has 0 unspecified atom stereocenters. The number of carbonyl (C=O) groups is 1. The molecule has 3 aromatic carbocycles. The highest BCUT2D eigenvalue weighted by molar-refractivity contribution is 7.98. The molecule has 4 aromatic rings. The third-order valence-electron chi connectivity index (χ3n) is 5.13. The quantitative estimate of drug-likeness (QED) is 0.311. The number of amides is 1. The maximum atomic E-state index is 12.4. The zero-order valence-electron chi connectivity index (χ0n) is 18.4. The van der Waals surface area contributed by atoms with Crippen LogP contribution in [0, 0.1) is 6.92 Å². The van der Waals surface area contributed by atoms with Gasteiger partial charge in [-0.05, 0) is 36.2 Å². The summed E-state index contributed by atoms with van der Waals surface area (Å²) in [6, 6.07) is 25.9. The average Bonchev–Trinajstić information content (AvgIpc) is 3.23. The molecule has 0 saturated carbocycles. The second kappa shape index (κ2) is 11.2. The van der Waals surface area contributed by atoms with Crippen LogP contribution < -0.4 is 5.32 Å². The minimum atomic E-state index is -0.0199. The van der Waals surface area contributed by atoms with Gasteiger partial charge in [-0.2, -0.15) is 0 Å². The van der Waals surface area contributed by atoms with Gasteiger partial charge in [-0.25, -0.2) is 0 Å². The number of aromatic nitrogens is 3. The summed E-state index contributed by atoms with van der Waals surface area (Å²) in [5.74, 6) is 1.49. The molecule has 0 aliphatic rings. The first kappa shape index (κ1) is 23.1. The molecule has 0 bridgehead atoms. The normalized spacial score (nSPS) is 10.8. The summed E-state index contributed by atoms with van der Waals surface area (Å²) in [4.78, 5) is 12.4. The SMILES string of the molecule is Cc1cccc(CSc2nnc(CCC(=O)NCc3ccccc3)n2-c2cccc(Cl)c2)c1. The third-order valence-corrected chi connectivity index (χ3v) is 6.36. The van der Waals surface area contributed by atoms with Crippen LogP contribution in [0.2, 0.25) is 5.02 Å². The van der Waals surface area contributed by atoms with E-state index >= 15 is 0 Å². The molecule has 0 saturated heterocycles. The summed E-state index contributed by atoms with van der Waals surface area (Å²) in [6.07, 6.45) is 0.805. The number of rotatable bonds is 9. The molecule has 1 N–H and O–H groups in total. The minimum Gasteiger partial charge on any atom is -0.352 e. The maximum Gasteiger partial charge on any atom is 0.220 e. The summed E-state index contributed by atoms with van der Waals surface area (Å²) >= 11 is 7.88. The molecule has 7 heteroatoms. The van der Waals surface area contributed by atoms with Gasteiger partial charge in [-0.1, -0.05) is 89.6 Å². The summed E-state index contributed by atoms with van der Waals surface area (Å²) < 4.78 is 2.00. The number of hydrogen-bond acceptors (Lipinski definition) is 4. The molecule has 0 aliphatic heterocycles. The molecule has 1 amide bonds. The lowest BCUT2D eigenvalue weighted by molar-refractivity contribution is -0.121. The van der Waals surface area contributed by atoms with Crippen LogP contribution in [0.15, 0.2) is 84.0 Å². The lowest BCUT2D eigenvalue weighted by atomic mass is 10.2. The first-order chi connectivity index (χ1) is 16.1. The Kier molecular flexibility index (Phi) is 7.81. The molecule has 4 rings (SSSR count). The Morgan fingerprint density at radius 1 is 0.970 bits per heavy atom. The summed E-state index contributed by atoms with van der Waals surface area (Å²) in [5.41, 5.74) is 4.41. The van der Waals surface area contributed by atoms with Crippen molar-refractivity contribution < 1.29 is 4.79 Å². The van der Waals surface area contributed by atoms with E-state index in [1.807, 2.05) is 59.2 Å². The van der Waals surface area contributed by atoms with E-state index in [2.05, 4.69) is 46.7 Å². The standard InChI is InChI=1S/C26H25ClN4OS/c1-19-7-5-10-21(15-19)18-33-26-30-29-24(31(26)23-12-6-11-22(27)16-23)13-14-25(32)28-17-20-8-3-2-4-9-20/h2-12,15-16H,13-14,17-18H2,1H3,(H,28,32). The zero-order valence-corrected chi connectivity index (χ0v) is 19.9. The monoisotopic (exact) mass is 476 g/mol. The van der Waals surface area contributed by atoms with Crippen LogP contribution in [0.5, 0.6) is 0 Å². The predicted octanol–water partition coefficient (Wildman–Crippen LogP) is 5.77. The van der Waals surface area contributed by atoms with Crippen LogP contribution >= 0.6 is 23.4 Å². The molecule has 168 valence electrons. The van der Waals surface area contributed by atoms with Crippen LogP contribution in [-0.2, 0) is 23.5 Å². The van der Waals surface area contributed by atoms with Gasteiger partial charge >= 0.3 is 0 Å².